The van der Waals surface area contributed by atoms with Crippen molar-refractivity contribution in [3.05, 3.63) is 95.7 Å². The lowest BCUT2D eigenvalue weighted by molar-refractivity contribution is 0.102. The largest absolute Gasteiger partial charge is 0.471 e. The number of nitrogens with one attached hydrogen (secondary N) is 1. The minimum atomic E-state index is -0.290. The van der Waals surface area contributed by atoms with Crippen molar-refractivity contribution in [3.63, 3.8) is 0 Å². The summed E-state index contributed by atoms with van der Waals surface area (Å²) in [5.74, 6) is 0.512. The van der Waals surface area contributed by atoms with Crippen LogP contribution in [0.2, 0.25) is 0 Å². The number of aryl methyl sites for hydroxylation is 3. The molecular weight excluding hydrogens is 454 g/mol. The summed E-state index contributed by atoms with van der Waals surface area (Å²) in [7, 11) is 1.91. The van der Waals surface area contributed by atoms with E-state index in [4.69, 9.17) is 4.74 Å². The van der Waals surface area contributed by atoms with Crippen LogP contribution in [0.15, 0.2) is 73.2 Å². The van der Waals surface area contributed by atoms with Gasteiger partial charge in [0, 0.05) is 36.4 Å². The summed E-state index contributed by atoms with van der Waals surface area (Å²) >= 11 is 0. The zero-order valence-corrected chi connectivity index (χ0v) is 20.6. The Hall–Kier alpha value is -4.66. The Labute approximate surface area is 208 Å². The fourth-order valence-electron chi connectivity index (χ4n) is 3.81. The highest BCUT2D eigenvalue weighted by Gasteiger charge is 2.12. The molecule has 0 spiro atoms. The molecule has 0 fully saturated rings. The first-order chi connectivity index (χ1) is 17.4. The Morgan fingerprint density at radius 1 is 0.972 bits per heavy atom. The second-order valence-corrected chi connectivity index (χ2v) is 8.70. The fraction of sp³-hybridized carbons (Fsp3) is 0.185. The van der Waals surface area contributed by atoms with E-state index in [0.717, 1.165) is 39.5 Å². The molecule has 0 aliphatic rings. The molecule has 0 atom stereocenters. The number of carbonyl (C=O) groups excluding carboxylic acids is 1. The molecule has 3 aromatic heterocycles. The van der Waals surface area contributed by atoms with Crippen LogP contribution in [-0.4, -0.2) is 35.2 Å². The van der Waals surface area contributed by atoms with Gasteiger partial charge >= 0.3 is 0 Å². The van der Waals surface area contributed by atoms with E-state index in [1.165, 1.54) is 0 Å². The maximum atomic E-state index is 12.7. The second-order valence-electron chi connectivity index (χ2n) is 8.70. The van der Waals surface area contributed by atoms with Gasteiger partial charge in [0.1, 0.15) is 5.75 Å². The quantitative estimate of drug-likeness (QED) is 0.364. The van der Waals surface area contributed by atoms with Gasteiger partial charge in [-0.25, -0.2) is 9.36 Å². The third kappa shape index (κ3) is 4.76. The second kappa shape index (κ2) is 9.53. The fourth-order valence-corrected chi connectivity index (χ4v) is 3.81. The van der Waals surface area contributed by atoms with Crippen molar-refractivity contribution < 1.29 is 9.53 Å². The van der Waals surface area contributed by atoms with Crippen molar-refractivity contribution in [2.75, 3.05) is 5.32 Å². The molecule has 0 aliphatic heterocycles. The third-order valence-corrected chi connectivity index (χ3v) is 6.06. The van der Waals surface area contributed by atoms with Crippen LogP contribution in [0, 0.1) is 20.8 Å². The Balaban J connectivity index is 1.21. The molecule has 0 saturated carbocycles. The number of carbonyl (C=O) groups is 1. The highest BCUT2D eigenvalue weighted by molar-refractivity contribution is 6.02. The first-order valence-electron chi connectivity index (χ1n) is 11.6. The van der Waals surface area contributed by atoms with E-state index in [1.54, 1.807) is 21.6 Å². The molecule has 36 heavy (non-hydrogen) atoms. The van der Waals surface area contributed by atoms with Gasteiger partial charge in [-0.15, -0.1) is 0 Å². The van der Waals surface area contributed by atoms with Gasteiger partial charge in [-0.2, -0.15) is 15.3 Å². The summed E-state index contributed by atoms with van der Waals surface area (Å²) in [6, 6.07) is 17.2. The van der Waals surface area contributed by atoms with Gasteiger partial charge < -0.3 is 10.1 Å². The van der Waals surface area contributed by atoms with E-state index in [2.05, 4.69) is 20.6 Å². The summed E-state index contributed by atoms with van der Waals surface area (Å²) in [6.45, 7) is 6.25. The molecule has 0 saturated heterocycles. The van der Waals surface area contributed by atoms with Gasteiger partial charge in [-0.05, 0) is 74.4 Å². The monoisotopic (exact) mass is 481 g/mol. The number of anilines is 1. The van der Waals surface area contributed by atoms with Crippen LogP contribution < -0.4 is 10.1 Å². The van der Waals surface area contributed by atoms with Crippen molar-refractivity contribution in [1.82, 2.24) is 29.3 Å². The van der Waals surface area contributed by atoms with Gasteiger partial charge in [0.15, 0.2) is 12.4 Å². The predicted molar refractivity (Wildman–Crippen MR) is 137 cm³/mol. The van der Waals surface area contributed by atoms with Crippen molar-refractivity contribution in [2.24, 2.45) is 7.05 Å². The lowest BCUT2D eigenvalue weighted by Crippen LogP contribution is -2.14. The first-order valence-corrected chi connectivity index (χ1v) is 11.6. The van der Waals surface area contributed by atoms with Crippen molar-refractivity contribution in [2.45, 2.75) is 27.5 Å². The van der Waals surface area contributed by atoms with Crippen LogP contribution in [-0.2, 0) is 13.8 Å². The lowest BCUT2D eigenvalue weighted by Gasteiger charge is -2.10. The SMILES string of the molecule is Cc1ccc(C)c(OCn2ccc(C(=O)Nc3ccc(-n4ccc(-c5cnn(C)c5C)n4)cc3)n2)c1. The van der Waals surface area contributed by atoms with Gasteiger partial charge in [-0.1, -0.05) is 12.1 Å². The number of hydrogen-bond donors (Lipinski definition) is 1. The molecule has 1 amide bonds. The molecule has 2 aromatic carbocycles. The van der Waals surface area contributed by atoms with E-state index in [1.807, 2.05) is 93.4 Å². The van der Waals surface area contributed by atoms with Gasteiger partial charge in [0.25, 0.3) is 5.91 Å². The van der Waals surface area contributed by atoms with Crippen LogP contribution in [0.3, 0.4) is 0 Å². The van der Waals surface area contributed by atoms with Crippen LogP contribution in [0.5, 0.6) is 5.75 Å². The molecule has 0 bridgehead atoms. The highest BCUT2D eigenvalue weighted by Crippen LogP contribution is 2.22. The number of nitrogens with zero attached hydrogens (tertiary/aromatic N) is 6. The minimum Gasteiger partial charge on any atom is -0.471 e. The first kappa shape index (κ1) is 23.1. The van der Waals surface area contributed by atoms with Crippen LogP contribution in [0.25, 0.3) is 16.9 Å². The van der Waals surface area contributed by atoms with E-state index in [-0.39, 0.29) is 12.6 Å². The van der Waals surface area contributed by atoms with E-state index < -0.39 is 0 Å². The third-order valence-electron chi connectivity index (χ3n) is 6.06. The molecule has 182 valence electrons. The smallest absolute Gasteiger partial charge is 0.276 e. The number of benzene rings is 2. The summed E-state index contributed by atoms with van der Waals surface area (Å²) in [6.07, 6.45) is 5.45. The number of hydrogen-bond acceptors (Lipinski definition) is 5. The number of aromatic nitrogens is 6. The molecule has 5 rings (SSSR count). The van der Waals surface area contributed by atoms with E-state index in [9.17, 15) is 4.79 Å². The van der Waals surface area contributed by atoms with Crippen LogP contribution in [0.4, 0.5) is 5.69 Å². The average molecular weight is 482 g/mol. The molecule has 0 unspecified atom stereocenters. The van der Waals surface area contributed by atoms with Crippen molar-refractivity contribution in [3.8, 4) is 22.7 Å². The summed E-state index contributed by atoms with van der Waals surface area (Å²) in [5, 5.41) is 16.2. The summed E-state index contributed by atoms with van der Waals surface area (Å²) in [5.41, 5.74) is 6.94. The normalized spacial score (nSPS) is 11.0. The number of amides is 1. The topological polar surface area (TPSA) is 91.8 Å². The Morgan fingerprint density at radius 2 is 1.78 bits per heavy atom. The molecule has 0 aliphatic carbocycles. The average Bonchev–Trinajstić information content (AvgIpc) is 3.61. The lowest BCUT2D eigenvalue weighted by atomic mass is 10.1. The zero-order chi connectivity index (χ0) is 25.2. The van der Waals surface area contributed by atoms with Gasteiger partial charge in [0.2, 0.25) is 0 Å². The van der Waals surface area contributed by atoms with Crippen molar-refractivity contribution in [1.29, 1.82) is 0 Å². The number of ether oxygens (including phenoxy) is 1. The predicted octanol–water partition coefficient (Wildman–Crippen LogP) is 4.68. The molecule has 3 heterocycles. The molecule has 9 nitrogen and oxygen atoms in total. The van der Waals surface area contributed by atoms with Crippen molar-refractivity contribution >= 4 is 11.6 Å². The molecule has 0 radical (unpaired) electrons. The molecule has 5 aromatic rings. The number of rotatable bonds is 7. The Morgan fingerprint density at radius 3 is 2.53 bits per heavy atom. The van der Waals surface area contributed by atoms with Gasteiger partial charge in [0.05, 0.1) is 17.6 Å². The van der Waals surface area contributed by atoms with E-state index >= 15 is 0 Å². The Bertz CT molecular complexity index is 1530. The highest BCUT2D eigenvalue weighted by atomic mass is 16.5. The minimum absolute atomic E-state index is 0.219. The van der Waals surface area contributed by atoms with Gasteiger partial charge in [-0.3, -0.25) is 9.48 Å². The summed E-state index contributed by atoms with van der Waals surface area (Å²) < 4.78 is 11.1. The maximum absolute atomic E-state index is 12.7. The molecule has 9 heteroatoms. The standard InChI is InChI=1S/C27H27N7O2/c1-18-5-6-19(2)26(15-18)36-17-33-13-11-25(30-33)27(35)29-21-7-9-22(10-8-21)34-14-12-24(31-34)23-16-28-32(4)20(23)3/h5-16H,17H2,1-4H3,(H,29,35). The summed E-state index contributed by atoms with van der Waals surface area (Å²) in [4.78, 5) is 12.7. The van der Waals surface area contributed by atoms with Crippen LogP contribution in [0.1, 0.15) is 27.3 Å². The molecule has 1 N–H and O–H groups in total. The van der Waals surface area contributed by atoms with E-state index in [0.29, 0.717) is 11.4 Å². The maximum Gasteiger partial charge on any atom is 0.276 e. The van der Waals surface area contributed by atoms with Crippen LogP contribution >= 0.6 is 0 Å². The Kier molecular flexibility index (Phi) is 6.12. The zero-order valence-electron chi connectivity index (χ0n) is 20.6. The molecular formula is C27H27N7O2.